The van der Waals surface area contributed by atoms with Gasteiger partial charge in [-0.25, -0.2) is 13.8 Å². The number of aliphatic hydroxyl groups excluding tert-OH is 1. The molecular formula is C15H14F2N2OS. The highest BCUT2D eigenvalue weighted by molar-refractivity contribution is 8.15. The SMILES string of the molecule is C#Cc1ccc(F)c([C@@]2(CF)N=C(N)S[C@@]3(CO)C[C@H]32)c1. The zero-order chi connectivity index (χ0) is 15.3. The van der Waals surface area contributed by atoms with Crippen molar-refractivity contribution in [3.8, 4) is 12.3 Å². The summed E-state index contributed by atoms with van der Waals surface area (Å²) in [4.78, 5) is 4.22. The van der Waals surface area contributed by atoms with Crippen LogP contribution in [0.2, 0.25) is 0 Å². The van der Waals surface area contributed by atoms with E-state index in [1.54, 1.807) is 0 Å². The van der Waals surface area contributed by atoms with Gasteiger partial charge in [0.25, 0.3) is 0 Å². The number of aliphatic hydroxyl groups is 1. The molecule has 6 heteroatoms. The van der Waals surface area contributed by atoms with Crippen LogP contribution in [0.15, 0.2) is 23.2 Å². The lowest BCUT2D eigenvalue weighted by Gasteiger charge is -2.34. The lowest BCUT2D eigenvalue weighted by Crippen LogP contribution is -2.41. The third kappa shape index (κ3) is 1.95. The minimum Gasteiger partial charge on any atom is -0.395 e. The highest BCUT2D eigenvalue weighted by Gasteiger charge is 2.68. The summed E-state index contributed by atoms with van der Waals surface area (Å²) in [6, 6.07) is 4.13. The lowest BCUT2D eigenvalue weighted by atomic mass is 9.84. The Bertz CT molecular complexity index is 672. The average molecular weight is 308 g/mol. The van der Waals surface area contributed by atoms with Gasteiger partial charge in [-0.3, -0.25) is 0 Å². The number of benzene rings is 1. The molecule has 3 N–H and O–H groups in total. The van der Waals surface area contributed by atoms with Crippen molar-refractivity contribution < 1.29 is 13.9 Å². The quantitative estimate of drug-likeness (QED) is 0.837. The van der Waals surface area contributed by atoms with E-state index in [-0.39, 0.29) is 23.3 Å². The molecule has 1 aliphatic carbocycles. The fourth-order valence-electron chi connectivity index (χ4n) is 3.11. The Hall–Kier alpha value is -1.58. The van der Waals surface area contributed by atoms with Gasteiger partial charge in [0, 0.05) is 17.0 Å². The first kappa shape index (κ1) is 14.4. The Kier molecular flexibility index (Phi) is 3.23. The first-order valence-electron chi connectivity index (χ1n) is 6.49. The van der Waals surface area contributed by atoms with E-state index in [1.807, 2.05) is 0 Å². The summed E-state index contributed by atoms with van der Waals surface area (Å²) in [6.07, 6.45) is 5.88. The predicted molar refractivity (Wildman–Crippen MR) is 79.1 cm³/mol. The van der Waals surface area contributed by atoms with Crippen molar-refractivity contribution in [2.45, 2.75) is 16.7 Å². The van der Waals surface area contributed by atoms with Gasteiger partial charge in [-0.2, -0.15) is 0 Å². The smallest absolute Gasteiger partial charge is 0.155 e. The zero-order valence-electron chi connectivity index (χ0n) is 11.1. The monoisotopic (exact) mass is 308 g/mol. The number of hydrogen-bond acceptors (Lipinski definition) is 4. The summed E-state index contributed by atoms with van der Waals surface area (Å²) in [5.41, 5.74) is 4.97. The van der Waals surface area contributed by atoms with Gasteiger partial charge in [0.05, 0.1) is 11.4 Å². The number of rotatable bonds is 3. The second-order valence-corrected chi connectivity index (χ2v) is 6.86. The fraction of sp³-hybridized carbons (Fsp3) is 0.400. The van der Waals surface area contributed by atoms with Crippen molar-refractivity contribution in [2.24, 2.45) is 16.6 Å². The third-order valence-corrected chi connectivity index (χ3v) is 5.58. The Labute approximate surface area is 125 Å². The van der Waals surface area contributed by atoms with Crippen LogP contribution in [0.3, 0.4) is 0 Å². The van der Waals surface area contributed by atoms with Crippen molar-refractivity contribution in [1.29, 1.82) is 0 Å². The van der Waals surface area contributed by atoms with Crippen LogP contribution >= 0.6 is 11.8 Å². The molecule has 0 unspecified atom stereocenters. The molecule has 0 spiro atoms. The van der Waals surface area contributed by atoms with Gasteiger partial charge >= 0.3 is 0 Å². The van der Waals surface area contributed by atoms with Gasteiger partial charge in [0.1, 0.15) is 18.0 Å². The number of thioether (sulfide) groups is 1. The summed E-state index contributed by atoms with van der Waals surface area (Å²) in [5.74, 6) is 1.56. The second-order valence-electron chi connectivity index (χ2n) is 5.43. The molecule has 21 heavy (non-hydrogen) atoms. The fourth-order valence-corrected chi connectivity index (χ4v) is 4.38. The molecule has 3 rings (SSSR count). The van der Waals surface area contributed by atoms with E-state index in [4.69, 9.17) is 12.2 Å². The maximum Gasteiger partial charge on any atom is 0.155 e. The van der Waals surface area contributed by atoms with Gasteiger partial charge < -0.3 is 10.8 Å². The molecule has 3 nitrogen and oxygen atoms in total. The third-order valence-electron chi connectivity index (χ3n) is 4.29. The minimum atomic E-state index is -1.39. The molecule has 2 aliphatic rings. The molecule has 1 heterocycles. The summed E-state index contributed by atoms with van der Waals surface area (Å²) < 4.78 is 27.6. The van der Waals surface area contributed by atoms with Crippen molar-refractivity contribution in [3.05, 3.63) is 35.1 Å². The van der Waals surface area contributed by atoms with Crippen LogP contribution in [0.1, 0.15) is 17.5 Å². The second kappa shape index (κ2) is 4.72. The topological polar surface area (TPSA) is 58.6 Å². The molecule has 0 amide bonds. The summed E-state index contributed by atoms with van der Waals surface area (Å²) in [6.45, 7) is -1.03. The van der Waals surface area contributed by atoms with Crippen molar-refractivity contribution >= 4 is 16.9 Å². The number of aliphatic imine (C=N–C) groups is 1. The Morgan fingerprint density at radius 1 is 1.57 bits per heavy atom. The predicted octanol–water partition coefficient (Wildman–Crippen LogP) is 1.78. The number of amidine groups is 1. The van der Waals surface area contributed by atoms with Crippen molar-refractivity contribution in [1.82, 2.24) is 0 Å². The van der Waals surface area contributed by atoms with Gasteiger partial charge in [0.15, 0.2) is 5.17 Å². The van der Waals surface area contributed by atoms with Crippen molar-refractivity contribution in [3.63, 3.8) is 0 Å². The Balaban J connectivity index is 2.18. The Morgan fingerprint density at radius 3 is 2.95 bits per heavy atom. The number of halogens is 2. The van der Waals surface area contributed by atoms with Crippen LogP contribution < -0.4 is 5.73 Å². The van der Waals surface area contributed by atoms with Crippen LogP contribution in [0.5, 0.6) is 0 Å². The van der Waals surface area contributed by atoms with E-state index in [0.29, 0.717) is 12.0 Å². The van der Waals surface area contributed by atoms with E-state index >= 15 is 0 Å². The normalized spacial score (nSPS) is 33.8. The highest BCUT2D eigenvalue weighted by atomic mass is 32.2. The molecule has 1 aromatic carbocycles. The summed E-state index contributed by atoms with van der Waals surface area (Å²) in [7, 11) is 0. The standard InChI is InChI=1S/C15H14F2N2OS/c1-2-9-3-4-11(17)10(5-9)15(7-16)12-6-14(12,8-20)21-13(18)19-15/h1,3-5,12,20H,6-8H2,(H2,18,19)/t12-,14-,15-/m1/s1. The molecule has 0 saturated heterocycles. The van der Waals surface area contributed by atoms with Crippen LogP contribution in [-0.4, -0.2) is 28.3 Å². The largest absolute Gasteiger partial charge is 0.395 e. The average Bonchev–Trinajstić information content (AvgIpc) is 3.22. The number of terminal acetylenes is 1. The summed E-state index contributed by atoms with van der Waals surface area (Å²) in [5, 5.41) is 9.74. The number of nitrogens with two attached hydrogens (primary N) is 1. The van der Waals surface area contributed by atoms with E-state index in [1.165, 1.54) is 30.0 Å². The zero-order valence-corrected chi connectivity index (χ0v) is 12.0. The molecular weight excluding hydrogens is 294 g/mol. The Morgan fingerprint density at radius 2 is 2.33 bits per heavy atom. The maximum atomic E-state index is 14.3. The molecule has 1 aliphatic heterocycles. The number of nitrogens with zero attached hydrogens (tertiary/aromatic N) is 1. The first-order chi connectivity index (χ1) is 10.0. The highest BCUT2D eigenvalue weighted by Crippen LogP contribution is 2.65. The summed E-state index contributed by atoms with van der Waals surface area (Å²) >= 11 is 1.24. The van der Waals surface area contributed by atoms with Gasteiger partial charge in [-0.05, 0) is 24.6 Å². The molecule has 110 valence electrons. The molecule has 1 fully saturated rings. The van der Waals surface area contributed by atoms with Crippen LogP contribution in [-0.2, 0) is 5.54 Å². The molecule has 0 aromatic heterocycles. The van der Waals surface area contributed by atoms with Crippen LogP contribution in [0.25, 0.3) is 0 Å². The van der Waals surface area contributed by atoms with E-state index in [2.05, 4.69) is 10.9 Å². The van der Waals surface area contributed by atoms with Crippen molar-refractivity contribution in [2.75, 3.05) is 13.3 Å². The van der Waals surface area contributed by atoms with Gasteiger partial charge in [-0.15, -0.1) is 6.42 Å². The van der Waals surface area contributed by atoms with E-state index in [9.17, 15) is 13.9 Å². The minimum absolute atomic E-state index is 0.115. The van der Waals surface area contributed by atoms with Gasteiger partial charge in [0.2, 0.25) is 0 Å². The first-order valence-corrected chi connectivity index (χ1v) is 7.31. The number of hydrogen-bond donors (Lipinski definition) is 2. The van der Waals surface area contributed by atoms with E-state index < -0.39 is 22.8 Å². The lowest BCUT2D eigenvalue weighted by molar-refractivity contribution is 0.231. The van der Waals surface area contributed by atoms with E-state index in [0.717, 1.165) is 0 Å². The number of fused-ring (bicyclic) bond motifs is 1. The molecule has 1 saturated carbocycles. The molecule has 0 radical (unpaired) electrons. The molecule has 3 atom stereocenters. The van der Waals surface area contributed by atoms with Crippen LogP contribution in [0.4, 0.5) is 8.78 Å². The molecule has 0 bridgehead atoms. The molecule has 1 aromatic rings. The maximum absolute atomic E-state index is 14.3. The number of alkyl halides is 1. The van der Waals surface area contributed by atoms with Crippen LogP contribution in [0, 0.1) is 24.1 Å². The van der Waals surface area contributed by atoms with Gasteiger partial charge in [-0.1, -0.05) is 17.7 Å².